The van der Waals surface area contributed by atoms with Crippen molar-refractivity contribution in [2.24, 2.45) is 11.8 Å². The number of rotatable bonds is 6. The van der Waals surface area contributed by atoms with Crippen LogP contribution in [-0.4, -0.2) is 55.3 Å². The summed E-state index contributed by atoms with van der Waals surface area (Å²) in [5.74, 6) is -0.526. The summed E-state index contributed by atoms with van der Waals surface area (Å²) < 4.78 is 39.4. The smallest absolute Gasteiger partial charge is 0.355 e. The van der Waals surface area contributed by atoms with Gasteiger partial charge in [-0.3, -0.25) is 9.59 Å². The molecule has 1 saturated heterocycles. The quantitative estimate of drug-likeness (QED) is 0.783. The van der Waals surface area contributed by atoms with E-state index < -0.39 is 17.8 Å². The van der Waals surface area contributed by atoms with Gasteiger partial charge >= 0.3 is 6.18 Å². The molecule has 2 aliphatic rings. The molecule has 0 bridgehead atoms. The zero-order valence-electron chi connectivity index (χ0n) is 16.8. The van der Waals surface area contributed by atoms with Crippen molar-refractivity contribution in [3.63, 3.8) is 0 Å². The summed E-state index contributed by atoms with van der Waals surface area (Å²) in [6.45, 7) is 1.50. The second kappa shape index (κ2) is 8.73. The lowest BCUT2D eigenvalue weighted by atomic mass is 9.87. The van der Waals surface area contributed by atoms with E-state index in [0.29, 0.717) is 24.9 Å². The summed E-state index contributed by atoms with van der Waals surface area (Å²) in [6.07, 6.45) is -1.78. The lowest BCUT2D eigenvalue weighted by Gasteiger charge is -2.40. The first-order valence-corrected chi connectivity index (χ1v) is 10.1. The fourth-order valence-corrected chi connectivity index (χ4v) is 3.81. The van der Waals surface area contributed by atoms with Gasteiger partial charge in [-0.05, 0) is 57.5 Å². The monoisotopic (exact) mass is 411 g/mol. The highest BCUT2D eigenvalue weighted by Gasteiger charge is 2.41. The van der Waals surface area contributed by atoms with Crippen molar-refractivity contribution in [1.29, 1.82) is 0 Å². The number of benzene rings is 1. The van der Waals surface area contributed by atoms with E-state index in [1.807, 2.05) is 19.0 Å². The van der Waals surface area contributed by atoms with Crippen LogP contribution in [0.15, 0.2) is 24.3 Å². The Kier molecular flexibility index (Phi) is 6.51. The van der Waals surface area contributed by atoms with Crippen molar-refractivity contribution >= 4 is 11.8 Å². The highest BCUT2D eigenvalue weighted by Crippen LogP contribution is 2.40. The predicted molar refractivity (Wildman–Crippen MR) is 103 cm³/mol. The predicted octanol–water partition coefficient (Wildman–Crippen LogP) is 3.07. The average Bonchev–Trinajstić information content (AvgIpc) is 3.51. The van der Waals surface area contributed by atoms with Gasteiger partial charge in [-0.25, -0.2) is 0 Å². The molecule has 8 heteroatoms. The van der Waals surface area contributed by atoms with E-state index in [-0.39, 0.29) is 30.2 Å². The first kappa shape index (κ1) is 21.6. The van der Waals surface area contributed by atoms with Gasteiger partial charge in [-0.2, -0.15) is 13.2 Å². The Morgan fingerprint density at radius 2 is 1.83 bits per heavy atom. The number of piperidine rings is 1. The number of nitrogens with zero attached hydrogens (tertiary/aromatic N) is 2. The average molecular weight is 411 g/mol. The van der Waals surface area contributed by atoms with E-state index in [2.05, 4.69) is 5.32 Å². The molecule has 2 fully saturated rings. The van der Waals surface area contributed by atoms with Gasteiger partial charge in [0, 0.05) is 25.6 Å². The van der Waals surface area contributed by atoms with Crippen LogP contribution in [0.4, 0.5) is 13.2 Å². The van der Waals surface area contributed by atoms with Gasteiger partial charge in [0.25, 0.3) is 0 Å². The van der Waals surface area contributed by atoms with Crippen LogP contribution in [0.5, 0.6) is 0 Å². The molecular formula is C21H28F3N3O2. The summed E-state index contributed by atoms with van der Waals surface area (Å²) >= 11 is 0. The Balaban J connectivity index is 1.75. The number of nitrogens with one attached hydrogen (secondary N) is 1. The van der Waals surface area contributed by atoms with E-state index in [4.69, 9.17) is 0 Å². The topological polar surface area (TPSA) is 52.7 Å². The number of hydrogen-bond donors (Lipinski definition) is 1. The Bertz CT molecular complexity index is 747. The van der Waals surface area contributed by atoms with Gasteiger partial charge in [0.1, 0.15) is 0 Å². The first-order chi connectivity index (χ1) is 13.7. The van der Waals surface area contributed by atoms with Crippen molar-refractivity contribution in [1.82, 2.24) is 15.1 Å². The summed E-state index contributed by atoms with van der Waals surface area (Å²) in [4.78, 5) is 29.0. The Morgan fingerprint density at radius 1 is 1.14 bits per heavy atom. The fraction of sp³-hybridized carbons (Fsp3) is 0.619. The normalized spacial score (nSPS) is 22.6. The van der Waals surface area contributed by atoms with Crippen molar-refractivity contribution < 1.29 is 22.8 Å². The maximum Gasteiger partial charge on any atom is 0.416 e. The third-order valence-corrected chi connectivity index (χ3v) is 5.62. The molecule has 1 aliphatic heterocycles. The Labute approximate surface area is 169 Å². The third-order valence-electron chi connectivity index (χ3n) is 5.62. The molecule has 160 valence electrons. The molecule has 1 aromatic rings. The van der Waals surface area contributed by atoms with Gasteiger partial charge in [-0.15, -0.1) is 0 Å². The molecule has 2 amide bonds. The molecule has 5 nitrogen and oxygen atoms in total. The van der Waals surface area contributed by atoms with Crippen LogP contribution in [0.2, 0.25) is 0 Å². The number of halogens is 3. The largest absolute Gasteiger partial charge is 0.416 e. The molecule has 1 saturated carbocycles. The number of likely N-dealkylation sites (N-methyl/N-ethyl adjacent to an activating group) is 1. The van der Waals surface area contributed by atoms with Gasteiger partial charge in [-0.1, -0.05) is 12.1 Å². The third kappa shape index (κ3) is 5.50. The Hall–Kier alpha value is -2.09. The molecular weight excluding hydrogens is 383 g/mol. The minimum atomic E-state index is -4.43. The van der Waals surface area contributed by atoms with Crippen molar-refractivity contribution in [3.8, 4) is 0 Å². The van der Waals surface area contributed by atoms with E-state index in [1.54, 1.807) is 11.0 Å². The number of likely N-dealkylation sites (tertiary alicyclic amines) is 1. The minimum Gasteiger partial charge on any atom is -0.355 e. The highest BCUT2D eigenvalue weighted by atomic mass is 19.4. The van der Waals surface area contributed by atoms with E-state index in [0.717, 1.165) is 31.5 Å². The van der Waals surface area contributed by atoms with Crippen LogP contribution in [0.25, 0.3) is 0 Å². The van der Waals surface area contributed by atoms with Crippen LogP contribution >= 0.6 is 0 Å². The molecule has 29 heavy (non-hydrogen) atoms. The first-order valence-electron chi connectivity index (χ1n) is 10.1. The number of hydrogen-bond acceptors (Lipinski definition) is 3. The van der Waals surface area contributed by atoms with Crippen LogP contribution in [0.3, 0.4) is 0 Å². The van der Waals surface area contributed by atoms with Crippen LogP contribution in [0, 0.1) is 11.8 Å². The number of carbonyl (C=O) groups is 2. The maximum absolute atomic E-state index is 13.1. The minimum absolute atomic E-state index is 0.0433. The molecule has 1 aromatic carbocycles. The van der Waals surface area contributed by atoms with Crippen LogP contribution < -0.4 is 5.32 Å². The van der Waals surface area contributed by atoms with Gasteiger partial charge < -0.3 is 15.1 Å². The molecule has 0 radical (unpaired) electrons. The standard InChI is InChI=1S/C21H28F3N3O2/c1-26(2)11-10-25-19(28)16-8-9-18(27(13-16)20(29)14-6-7-14)15-4-3-5-17(12-15)21(22,23)24/h3-5,12,14,16,18H,6-11,13H2,1-2H3,(H,25,28)/t16-,18-/m0/s1. The van der Waals surface area contributed by atoms with Crippen molar-refractivity contribution in [3.05, 3.63) is 35.4 Å². The van der Waals surface area contributed by atoms with Gasteiger partial charge in [0.15, 0.2) is 0 Å². The maximum atomic E-state index is 13.1. The molecule has 1 N–H and O–H groups in total. The van der Waals surface area contributed by atoms with Crippen LogP contribution in [-0.2, 0) is 15.8 Å². The zero-order valence-corrected chi connectivity index (χ0v) is 16.8. The second-order valence-electron chi connectivity index (χ2n) is 8.27. The number of alkyl halides is 3. The van der Waals surface area contributed by atoms with Crippen molar-refractivity contribution in [2.45, 2.75) is 37.9 Å². The van der Waals surface area contributed by atoms with Crippen molar-refractivity contribution in [2.75, 3.05) is 33.7 Å². The number of amides is 2. The van der Waals surface area contributed by atoms with Gasteiger partial charge in [0.2, 0.25) is 11.8 Å². The lowest BCUT2D eigenvalue weighted by Crippen LogP contribution is -2.48. The molecule has 1 aliphatic carbocycles. The summed E-state index contributed by atoms with van der Waals surface area (Å²) in [7, 11) is 3.84. The Morgan fingerprint density at radius 3 is 2.45 bits per heavy atom. The molecule has 3 rings (SSSR count). The van der Waals surface area contributed by atoms with E-state index in [9.17, 15) is 22.8 Å². The molecule has 1 heterocycles. The van der Waals surface area contributed by atoms with E-state index in [1.165, 1.54) is 6.07 Å². The zero-order chi connectivity index (χ0) is 21.2. The highest BCUT2D eigenvalue weighted by molar-refractivity contribution is 5.84. The van der Waals surface area contributed by atoms with E-state index >= 15 is 0 Å². The molecule has 0 spiro atoms. The molecule has 0 unspecified atom stereocenters. The fourth-order valence-electron chi connectivity index (χ4n) is 3.81. The summed E-state index contributed by atoms with van der Waals surface area (Å²) in [5.41, 5.74) is -0.224. The lowest BCUT2D eigenvalue weighted by molar-refractivity contribution is -0.140. The summed E-state index contributed by atoms with van der Waals surface area (Å²) in [6, 6.07) is 4.79. The van der Waals surface area contributed by atoms with Crippen LogP contribution in [0.1, 0.15) is 42.9 Å². The van der Waals surface area contributed by atoms with Gasteiger partial charge in [0.05, 0.1) is 17.5 Å². The summed E-state index contributed by atoms with van der Waals surface area (Å²) in [5, 5.41) is 2.90. The molecule has 2 atom stereocenters. The molecule has 0 aromatic heterocycles. The number of carbonyl (C=O) groups excluding carboxylic acids is 2. The second-order valence-corrected chi connectivity index (χ2v) is 8.27. The SMILES string of the molecule is CN(C)CCNC(=O)[C@H]1CC[C@@H](c2cccc(C(F)(F)F)c2)N(C(=O)C2CC2)C1.